The van der Waals surface area contributed by atoms with Gasteiger partial charge in [-0.05, 0) is 35.9 Å². The van der Waals surface area contributed by atoms with Gasteiger partial charge in [0, 0.05) is 17.3 Å². The van der Waals surface area contributed by atoms with Gasteiger partial charge >= 0.3 is 0 Å². The van der Waals surface area contributed by atoms with E-state index in [1.54, 1.807) is 36.4 Å². The predicted octanol–water partition coefficient (Wildman–Crippen LogP) is 3.04. The minimum Gasteiger partial charge on any atom is -0.399 e. The Balaban J connectivity index is 2.00. The molecule has 1 unspecified atom stereocenters. The molecule has 0 saturated heterocycles. The highest BCUT2D eigenvalue weighted by Gasteiger charge is 2.13. The van der Waals surface area contributed by atoms with E-state index in [1.165, 1.54) is 6.07 Å². The summed E-state index contributed by atoms with van der Waals surface area (Å²) in [4.78, 5) is 12.0. The van der Waals surface area contributed by atoms with Gasteiger partial charge < -0.3 is 16.2 Å². The van der Waals surface area contributed by atoms with Crippen molar-refractivity contribution in [2.45, 2.75) is 6.10 Å². The van der Waals surface area contributed by atoms with Crippen molar-refractivity contribution in [1.82, 2.24) is 5.32 Å². The fourth-order valence-electron chi connectivity index (χ4n) is 1.79. The number of aliphatic hydroxyl groups excluding tert-OH is 1. The van der Waals surface area contributed by atoms with E-state index in [-0.39, 0.29) is 12.1 Å². The van der Waals surface area contributed by atoms with E-state index < -0.39 is 12.0 Å². The number of halogens is 2. The molecule has 4 N–H and O–H groups in total. The van der Waals surface area contributed by atoms with E-state index in [1.807, 2.05) is 0 Å². The lowest BCUT2D eigenvalue weighted by Crippen LogP contribution is -2.28. The van der Waals surface area contributed by atoms with Crippen LogP contribution in [0.3, 0.4) is 0 Å². The highest BCUT2D eigenvalue weighted by Crippen LogP contribution is 2.21. The molecular formula is C15H14Cl2N2O2. The summed E-state index contributed by atoms with van der Waals surface area (Å²) in [6, 6.07) is 11.4. The molecule has 2 aromatic rings. The van der Waals surface area contributed by atoms with Crippen molar-refractivity contribution in [2.24, 2.45) is 0 Å². The molecule has 110 valence electrons. The lowest BCUT2D eigenvalue weighted by molar-refractivity contribution is 0.0916. The minimum atomic E-state index is -0.826. The Kier molecular flexibility index (Phi) is 5.07. The van der Waals surface area contributed by atoms with Gasteiger partial charge in [-0.25, -0.2) is 0 Å². The molecule has 2 aromatic carbocycles. The minimum absolute atomic E-state index is 0.0611. The standard InChI is InChI=1S/C15H14Cl2N2O2/c16-10-3-6-13(17)12(7-10)15(21)19-8-14(20)9-1-4-11(18)5-2-9/h1-7,14,20H,8,18H2,(H,19,21). The number of nitrogens with two attached hydrogens (primary N) is 1. The molecule has 0 aromatic heterocycles. The average Bonchev–Trinajstić information content (AvgIpc) is 2.47. The van der Waals surface area contributed by atoms with Crippen LogP contribution in [0.4, 0.5) is 5.69 Å². The molecule has 0 fully saturated rings. The maximum Gasteiger partial charge on any atom is 0.252 e. The molecule has 0 radical (unpaired) electrons. The van der Waals surface area contributed by atoms with Crippen LogP contribution in [0.25, 0.3) is 0 Å². The largest absolute Gasteiger partial charge is 0.399 e. The third-order valence-corrected chi connectivity index (χ3v) is 3.51. The predicted molar refractivity (Wildman–Crippen MR) is 84.6 cm³/mol. The lowest BCUT2D eigenvalue weighted by Gasteiger charge is -2.13. The SMILES string of the molecule is Nc1ccc(C(O)CNC(=O)c2cc(Cl)ccc2Cl)cc1. The van der Waals surface area contributed by atoms with E-state index in [4.69, 9.17) is 28.9 Å². The zero-order chi connectivity index (χ0) is 15.4. The van der Waals surface area contributed by atoms with Crippen molar-refractivity contribution < 1.29 is 9.90 Å². The Morgan fingerprint density at radius 3 is 2.52 bits per heavy atom. The summed E-state index contributed by atoms with van der Waals surface area (Å²) in [5.41, 5.74) is 7.13. The molecule has 1 amide bonds. The van der Waals surface area contributed by atoms with Gasteiger partial charge in [0.1, 0.15) is 0 Å². The first-order valence-corrected chi connectivity index (χ1v) is 6.99. The van der Waals surface area contributed by atoms with Gasteiger partial charge in [0.2, 0.25) is 0 Å². The molecule has 0 bridgehead atoms. The second-order valence-corrected chi connectivity index (χ2v) is 5.36. The zero-order valence-electron chi connectivity index (χ0n) is 11.0. The number of nitrogens with one attached hydrogen (secondary N) is 1. The van der Waals surface area contributed by atoms with Crippen molar-refractivity contribution in [3.63, 3.8) is 0 Å². The number of aliphatic hydroxyl groups is 1. The second-order valence-electron chi connectivity index (χ2n) is 4.52. The molecule has 0 spiro atoms. The van der Waals surface area contributed by atoms with Crippen LogP contribution in [-0.2, 0) is 0 Å². The summed E-state index contributed by atoms with van der Waals surface area (Å²) in [6.45, 7) is 0.0611. The summed E-state index contributed by atoms with van der Waals surface area (Å²) in [5, 5.41) is 13.4. The van der Waals surface area contributed by atoms with Gasteiger partial charge in [-0.3, -0.25) is 4.79 Å². The molecule has 6 heteroatoms. The zero-order valence-corrected chi connectivity index (χ0v) is 12.5. The first-order valence-electron chi connectivity index (χ1n) is 6.24. The molecule has 4 nitrogen and oxygen atoms in total. The maximum absolute atomic E-state index is 12.0. The highest BCUT2D eigenvalue weighted by atomic mass is 35.5. The first-order chi connectivity index (χ1) is 9.97. The Hall–Kier alpha value is -1.75. The maximum atomic E-state index is 12.0. The van der Waals surface area contributed by atoms with Crippen LogP contribution in [-0.4, -0.2) is 17.6 Å². The molecule has 2 rings (SSSR count). The molecule has 0 aliphatic carbocycles. The summed E-state index contributed by atoms with van der Waals surface area (Å²) < 4.78 is 0. The fraction of sp³-hybridized carbons (Fsp3) is 0.133. The topological polar surface area (TPSA) is 75.3 Å². The van der Waals surface area contributed by atoms with Gasteiger partial charge in [0.25, 0.3) is 5.91 Å². The average molecular weight is 325 g/mol. The van der Waals surface area contributed by atoms with Crippen LogP contribution in [0.5, 0.6) is 0 Å². The van der Waals surface area contributed by atoms with Crippen molar-refractivity contribution in [3.8, 4) is 0 Å². The molecule has 0 aliphatic rings. The number of hydrogen-bond acceptors (Lipinski definition) is 3. The molecular weight excluding hydrogens is 311 g/mol. The number of anilines is 1. The Morgan fingerprint density at radius 2 is 1.86 bits per heavy atom. The Labute approximate surface area is 132 Å². The number of carbonyl (C=O) groups excluding carboxylic acids is 1. The van der Waals surface area contributed by atoms with Gasteiger partial charge in [0.15, 0.2) is 0 Å². The van der Waals surface area contributed by atoms with Gasteiger partial charge in [0.05, 0.1) is 16.7 Å². The molecule has 0 heterocycles. The van der Waals surface area contributed by atoms with E-state index in [0.717, 1.165) is 0 Å². The van der Waals surface area contributed by atoms with Crippen LogP contribution in [0.1, 0.15) is 22.0 Å². The van der Waals surface area contributed by atoms with Gasteiger partial charge in [-0.1, -0.05) is 35.3 Å². The number of amides is 1. The van der Waals surface area contributed by atoms with Crippen LogP contribution < -0.4 is 11.1 Å². The monoisotopic (exact) mass is 324 g/mol. The van der Waals surface area contributed by atoms with Gasteiger partial charge in [-0.15, -0.1) is 0 Å². The van der Waals surface area contributed by atoms with Crippen LogP contribution in [0, 0.1) is 0 Å². The third-order valence-electron chi connectivity index (χ3n) is 2.95. The Bertz CT molecular complexity index is 645. The Morgan fingerprint density at radius 1 is 1.19 bits per heavy atom. The van der Waals surface area contributed by atoms with E-state index in [2.05, 4.69) is 5.32 Å². The molecule has 1 atom stereocenters. The van der Waals surface area contributed by atoms with Crippen LogP contribution in [0.15, 0.2) is 42.5 Å². The summed E-state index contributed by atoms with van der Waals surface area (Å²) in [6.07, 6.45) is -0.826. The lowest BCUT2D eigenvalue weighted by atomic mass is 10.1. The summed E-state index contributed by atoms with van der Waals surface area (Å²) >= 11 is 11.8. The van der Waals surface area contributed by atoms with E-state index in [9.17, 15) is 9.90 Å². The van der Waals surface area contributed by atoms with Crippen molar-refractivity contribution >= 4 is 34.8 Å². The van der Waals surface area contributed by atoms with Crippen LogP contribution >= 0.6 is 23.2 Å². The highest BCUT2D eigenvalue weighted by molar-refractivity contribution is 6.35. The molecule has 21 heavy (non-hydrogen) atoms. The van der Waals surface area contributed by atoms with Crippen LogP contribution in [0.2, 0.25) is 10.0 Å². The first kappa shape index (κ1) is 15.6. The van der Waals surface area contributed by atoms with Crippen molar-refractivity contribution in [3.05, 3.63) is 63.6 Å². The molecule has 0 saturated carbocycles. The number of hydrogen-bond donors (Lipinski definition) is 3. The summed E-state index contributed by atoms with van der Waals surface area (Å²) in [7, 11) is 0. The second kappa shape index (κ2) is 6.80. The number of rotatable bonds is 4. The summed E-state index contributed by atoms with van der Waals surface area (Å²) in [5.74, 6) is -0.392. The molecule has 0 aliphatic heterocycles. The van der Waals surface area contributed by atoms with E-state index in [0.29, 0.717) is 21.3 Å². The number of nitrogen functional groups attached to an aromatic ring is 1. The smallest absolute Gasteiger partial charge is 0.252 e. The normalized spacial score (nSPS) is 12.0. The third kappa shape index (κ3) is 4.11. The quantitative estimate of drug-likeness (QED) is 0.756. The fourth-order valence-corrected chi connectivity index (χ4v) is 2.17. The van der Waals surface area contributed by atoms with E-state index >= 15 is 0 Å². The van der Waals surface area contributed by atoms with Gasteiger partial charge in [-0.2, -0.15) is 0 Å². The number of benzene rings is 2. The van der Waals surface area contributed by atoms with Crippen molar-refractivity contribution in [1.29, 1.82) is 0 Å². The number of carbonyl (C=O) groups is 1. The van der Waals surface area contributed by atoms with Crippen molar-refractivity contribution in [2.75, 3.05) is 12.3 Å².